The largest absolute Gasteiger partial charge is 0.385 e. The molecule has 0 saturated heterocycles. The molecule has 3 aromatic heterocycles. The summed E-state index contributed by atoms with van der Waals surface area (Å²) in [7, 11) is 1.63. The van der Waals surface area contributed by atoms with Gasteiger partial charge in [0.1, 0.15) is 10.9 Å². The Bertz CT molecular complexity index is 1100. The highest BCUT2D eigenvalue weighted by Crippen LogP contribution is 2.16. The second-order valence-electron chi connectivity index (χ2n) is 7.11. The van der Waals surface area contributed by atoms with E-state index in [9.17, 15) is 9.59 Å². The molecule has 0 radical (unpaired) electrons. The van der Waals surface area contributed by atoms with E-state index in [-0.39, 0.29) is 28.9 Å². The molecule has 0 unspecified atom stereocenters. The summed E-state index contributed by atoms with van der Waals surface area (Å²) >= 11 is 0. The van der Waals surface area contributed by atoms with Crippen LogP contribution in [-0.4, -0.2) is 35.1 Å². The van der Waals surface area contributed by atoms with Gasteiger partial charge in [-0.15, -0.1) is 0 Å². The maximum absolute atomic E-state index is 13.1. The van der Waals surface area contributed by atoms with Crippen molar-refractivity contribution in [2.75, 3.05) is 19.5 Å². The van der Waals surface area contributed by atoms with E-state index in [1.54, 1.807) is 30.0 Å². The van der Waals surface area contributed by atoms with Gasteiger partial charge in [0, 0.05) is 37.9 Å². The number of rotatable bonds is 6. The molecular weight excluding hydrogens is 358 g/mol. The van der Waals surface area contributed by atoms with Gasteiger partial charge in [-0.05, 0) is 32.9 Å². The van der Waals surface area contributed by atoms with E-state index >= 15 is 0 Å². The smallest absolute Gasteiger partial charge is 0.278 e. The second-order valence-corrected chi connectivity index (χ2v) is 7.11. The number of hydrogen-bond donors (Lipinski definition) is 2. The van der Waals surface area contributed by atoms with Crippen LogP contribution >= 0.6 is 0 Å². The molecule has 3 N–H and O–H groups in total. The lowest BCUT2D eigenvalue weighted by Crippen LogP contribution is -2.43. The summed E-state index contributed by atoms with van der Waals surface area (Å²) in [5.74, 6) is -0.0322. The fourth-order valence-corrected chi connectivity index (χ4v) is 3.23. The number of nitrogen functional groups attached to an aromatic ring is 1. The van der Waals surface area contributed by atoms with Crippen LogP contribution in [0.1, 0.15) is 36.2 Å². The second kappa shape index (κ2) is 7.93. The molecule has 3 aromatic rings. The highest BCUT2D eigenvalue weighted by atomic mass is 16.5. The summed E-state index contributed by atoms with van der Waals surface area (Å²) < 4.78 is 8.37. The van der Waals surface area contributed by atoms with Crippen molar-refractivity contribution in [3.8, 4) is 0 Å². The zero-order chi connectivity index (χ0) is 20.4. The zero-order valence-electron chi connectivity index (χ0n) is 16.7. The van der Waals surface area contributed by atoms with Gasteiger partial charge in [0.05, 0.1) is 6.54 Å². The highest BCUT2D eigenvalue weighted by Gasteiger charge is 2.24. The van der Waals surface area contributed by atoms with E-state index in [1.165, 1.54) is 4.40 Å². The van der Waals surface area contributed by atoms with E-state index < -0.39 is 0 Å². The zero-order valence-corrected chi connectivity index (χ0v) is 16.7. The number of fused-ring (bicyclic) bond motifs is 2. The maximum Gasteiger partial charge on any atom is 0.278 e. The third-order valence-electron chi connectivity index (χ3n) is 4.57. The van der Waals surface area contributed by atoms with Crippen LogP contribution in [0.2, 0.25) is 0 Å². The minimum atomic E-state index is -0.316. The van der Waals surface area contributed by atoms with Gasteiger partial charge in [-0.3, -0.25) is 14.0 Å². The number of nitrogens with one attached hydrogen (secondary N) is 1. The van der Waals surface area contributed by atoms with Gasteiger partial charge < -0.3 is 15.8 Å². The van der Waals surface area contributed by atoms with Gasteiger partial charge in [-0.2, -0.15) is 0 Å². The van der Waals surface area contributed by atoms with Crippen LogP contribution in [0.4, 0.5) is 5.82 Å². The number of ether oxygens (including phenoxy) is 1. The van der Waals surface area contributed by atoms with E-state index in [4.69, 9.17) is 15.5 Å². The first-order valence-corrected chi connectivity index (χ1v) is 9.29. The average molecular weight is 384 g/mol. The molecule has 8 heteroatoms. The number of nitrogens with two attached hydrogens (primary N) is 1. The van der Waals surface area contributed by atoms with Gasteiger partial charge in [0.2, 0.25) is 11.5 Å². The molecular formula is C20H26N5O3+. The summed E-state index contributed by atoms with van der Waals surface area (Å²) in [5.41, 5.74) is 8.30. The molecule has 148 valence electrons. The van der Waals surface area contributed by atoms with Crippen molar-refractivity contribution in [2.24, 2.45) is 0 Å². The number of carbonyl (C=O) groups excluding carboxylic acids is 1. The van der Waals surface area contributed by atoms with Crippen LogP contribution in [0.25, 0.3) is 16.7 Å². The molecule has 0 spiro atoms. The van der Waals surface area contributed by atoms with E-state index in [2.05, 4.69) is 5.32 Å². The molecule has 0 atom stereocenters. The summed E-state index contributed by atoms with van der Waals surface area (Å²) in [6.07, 6.45) is 2.35. The minimum Gasteiger partial charge on any atom is -0.385 e. The first-order valence-electron chi connectivity index (χ1n) is 9.29. The Morgan fingerprint density at radius 2 is 2.18 bits per heavy atom. The predicted octanol–water partition coefficient (Wildman–Crippen LogP) is 1.20. The highest BCUT2D eigenvalue weighted by molar-refractivity contribution is 6.00. The lowest BCUT2D eigenvalue weighted by Gasteiger charge is -2.13. The number of carbonyl (C=O) groups is 1. The number of aromatic nitrogens is 3. The Balaban J connectivity index is 2.34. The van der Waals surface area contributed by atoms with E-state index in [1.807, 2.05) is 26.8 Å². The molecule has 28 heavy (non-hydrogen) atoms. The number of methoxy groups -OCH3 is 1. The Morgan fingerprint density at radius 3 is 2.86 bits per heavy atom. The van der Waals surface area contributed by atoms with Crippen LogP contribution in [0.3, 0.4) is 0 Å². The van der Waals surface area contributed by atoms with Crippen molar-refractivity contribution < 1.29 is 14.1 Å². The Labute approximate surface area is 163 Å². The summed E-state index contributed by atoms with van der Waals surface area (Å²) in [6.45, 7) is 6.65. The minimum absolute atomic E-state index is 0.0528. The molecule has 0 aliphatic heterocycles. The van der Waals surface area contributed by atoms with Crippen molar-refractivity contribution >= 4 is 28.4 Å². The molecule has 8 nitrogen and oxygen atoms in total. The van der Waals surface area contributed by atoms with Crippen LogP contribution in [0, 0.1) is 6.92 Å². The van der Waals surface area contributed by atoms with Crippen LogP contribution in [-0.2, 0) is 11.3 Å². The monoisotopic (exact) mass is 384 g/mol. The molecule has 0 aliphatic rings. The topological polar surface area (TPSA) is 103 Å². The maximum atomic E-state index is 13.1. The first kappa shape index (κ1) is 19.8. The van der Waals surface area contributed by atoms with Crippen molar-refractivity contribution in [1.82, 2.24) is 14.7 Å². The van der Waals surface area contributed by atoms with Gasteiger partial charge in [-0.25, -0.2) is 4.57 Å². The Kier molecular flexibility index (Phi) is 5.60. The van der Waals surface area contributed by atoms with Gasteiger partial charge in [0.15, 0.2) is 0 Å². The molecule has 0 aliphatic carbocycles. The lowest BCUT2D eigenvalue weighted by atomic mass is 10.1. The van der Waals surface area contributed by atoms with Gasteiger partial charge in [-0.1, -0.05) is 11.1 Å². The first-order chi connectivity index (χ1) is 13.3. The van der Waals surface area contributed by atoms with E-state index in [0.29, 0.717) is 36.3 Å². The van der Waals surface area contributed by atoms with E-state index in [0.717, 1.165) is 5.56 Å². The van der Waals surface area contributed by atoms with Crippen molar-refractivity contribution in [3.63, 3.8) is 0 Å². The molecule has 1 amide bonds. The van der Waals surface area contributed by atoms with Gasteiger partial charge >= 0.3 is 0 Å². The van der Waals surface area contributed by atoms with Crippen LogP contribution in [0.15, 0.2) is 29.2 Å². The number of pyridine rings is 2. The number of hydrogen-bond acceptors (Lipinski definition) is 5. The van der Waals surface area contributed by atoms with Gasteiger partial charge in [0.25, 0.3) is 17.1 Å². The number of aryl methyl sites for hydroxylation is 2. The Morgan fingerprint density at radius 1 is 1.43 bits per heavy atom. The molecule has 0 fully saturated rings. The summed E-state index contributed by atoms with van der Waals surface area (Å²) in [5, 5.41) is 3.19. The number of nitrogens with zero attached hydrogens (tertiary/aromatic N) is 3. The van der Waals surface area contributed by atoms with Crippen molar-refractivity contribution in [1.29, 1.82) is 0 Å². The fourth-order valence-electron chi connectivity index (χ4n) is 3.23. The Hall–Kier alpha value is -3.00. The molecule has 0 saturated carbocycles. The summed E-state index contributed by atoms with van der Waals surface area (Å²) in [4.78, 5) is 30.5. The third-order valence-corrected chi connectivity index (χ3v) is 4.57. The van der Waals surface area contributed by atoms with Crippen molar-refractivity contribution in [3.05, 3.63) is 45.9 Å². The third kappa shape index (κ3) is 3.55. The standard InChI is InChI=1S/C20H25N5O3/c1-12(2)22-19(26)14-11-15-18(24(16(14)21)9-6-10-28-4)23-17-13(3)7-5-8-25(17)20(15)27/h5,7-8,11-12,21H,6,9-10H2,1-4H3,(H,22,26)/p+1. The predicted molar refractivity (Wildman–Crippen MR) is 107 cm³/mol. The summed E-state index contributed by atoms with van der Waals surface area (Å²) in [6, 6.07) is 5.19. The molecule has 0 aromatic carbocycles. The fraction of sp³-hybridized carbons (Fsp3) is 0.400. The van der Waals surface area contributed by atoms with Crippen LogP contribution < -0.4 is 21.2 Å². The molecule has 3 rings (SSSR count). The lowest BCUT2D eigenvalue weighted by molar-refractivity contribution is -0.659. The average Bonchev–Trinajstić information content (AvgIpc) is 2.64. The molecule has 3 heterocycles. The SMILES string of the molecule is COCCC[n+]1c(N)c(C(=O)NC(C)C)cc2c(=O)n3cccc(C)c3nc21. The molecule has 0 bridgehead atoms. The normalized spacial score (nSPS) is 11.5. The quantitative estimate of drug-likeness (QED) is 0.378. The van der Waals surface area contributed by atoms with Crippen LogP contribution in [0.5, 0.6) is 0 Å². The number of anilines is 1. The number of amides is 1. The van der Waals surface area contributed by atoms with Crippen molar-refractivity contribution in [2.45, 2.75) is 39.8 Å².